The summed E-state index contributed by atoms with van der Waals surface area (Å²) in [6.45, 7) is 6.47. The molecule has 1 saturated heterocycles. The van der Waals surface area contributed by atoms with Crippen LogP contribution in [0.5, 0.6) is 0 Å². The fraction of sp³-hybridized carbons (Fsp3) is 0.786. The molecule has 1 aliphatic rings. The van der Waals surface area contributed by atoms with Crippen molar-refractivity contribution in [2.24, 2.45) is 5.41 Å². The van der Waals surface area contributed by atoms with Crippen LogP contribution in [0, 0.1) is 5.41 Å². The number of aliphatic hydroxyl groups is 1. The lowest BCUT2D eigenvalue weighted by Gasteiger charge is -2.35. The Bertz CT molecular complexity index is 425. The number of nitrogens with zero attached hydrogens (tertiary/aromatic N) is 2. The first-order valence-corrected chi connectivity index (χ1v) is 7.46. The predicted molar refractivity (Wildman–Crippen MR) is 75.6 cm³/mol. The molecule has 1 aromatic heterocycles. The molecule has 19 heavy (non-hydrogen) atoms. The van der Waals surface area contributed by atoms with Crippen molar-refractivity contribution < 1.29 is 9.84 Å². The van der Waals surface area contributed by atoms with E-state index in [1.165, 1.54) is 0 Å². The third kappa shape index (κ3) is 2.96. The van der Waals surface area contributed by atoms with Crippen LogP contribution in [0.2, 0.25) is 5.02 Å². The third-order valence-electron chi connectivity index (χ3n) is 3.98. The predicted octanol–water partition coefficient (Wildman–Crippen LogP) is 2.45. The molecule has 2 heterocycles. The van der Waals surface area contributed by atoms with Crippen LogP contribution in [0.4, 0.5) is 0 Å². The molecule has 1 aliphatic heterocycles. The zero-order valence-corrected chi connectivity index (χ0v) is 12.5. The van der Waals surface area contributed by atoms with E-state index in [2.05, 4.69) is 18.9 Å². The maximum Gasteiger partial charge on any atom is 0.0850 e. The maximum atomic E-state index is 9.77. The molecular weight excluding hydrogens is 264 g/mol. The van der Waals surface area contributed by atoms with Gasteiger partial charge in [-0.25, -0.2) is 0 Å². The number of ether oxygens (including phenoxy) is 1. The highest BCUT2D eigenvalue weighted by Gasteiger charge is 2.35. The van der Waals surface area contributed by atoms with Crippen LogP contribution in [0.25, 0.3) is 0 Å². The summed E-state index contributed by atoms with van der Waals surface area (Å²) < 4.78 is 7.53. The van der Waals surface area contributed by atoms with Crippen LogP contribution >= 0.6 is 11.6 Å². The Morgan fingerprint density at radius 2 is 2.26 bits per heavy atom. The Labute approximate surface area is 119 Å². The van der Waals surface area contributed by atoms with Gasteiger partial charge in [-0.15, -0.1) is 0 Å². The van der Waals surface area contributed by atoms with Crippen molar-refractivity contribution >= 4 is 11.6 Å². The third-order valence-corrected chi connectivity index (χ3v) is 4.41. The Morgan fingerprint density at radius 1 is 1.47 bits per heavy atom. The second-order valence-corrected chi connectivity index (χ2v) is 5.75. The summed E-state index contributed by atoms with van der Waals surface area (Å²) in [5.74, 6) is 0. The SMILES string of the molecule is CCc1nn(CC)c(CC2(CO)CCCOC2)c1Cl. The van der Waals surface area contributed by atoms with Gasteiger partial charge in [0.2, 0.25) is 0 Å². The zero-order valence-electron chi connectivity index (χ0n) is 11.8. The van der Waals surface area contributed by atoms with Crippen molar-refractivity contribution in [1.29, 1.82) is 0 Å². The van der Waals surface area contributed by atoms with Crippen LogP contribution in [0.15, 0.2) is 0 Å². The molecule has 1 atom stereocenters. The number of hydrogen-bond donors (Lipinski definition) is 1. The van der Waals surface area contributed by atoms with E-state index >= 15 is 0 Å². The van der Waals surface area contributed by atoms with Crippen molar-refractivity contribution in [3.63, 3.8) is 0 Å². The molecule has 0 spiro atoms. The lowest BCUT2D eigenvalue weighted by atomic mass is 9.79. The number of aliphatic hydroxyl groups excluding tert-OH is 1. The maximum absolute atomic E-state index is 9.77. The molecule has 4 nitrogen and oxygen atoms in total. The molecule has 5 heteroatoms. The van der Waals surface area contributed by atoms with Crippen molar-refractivity contribution in [3.05, 3.63) is 16.4 Å². The fourth-order valence-corrected chi connectivity index (χ4v) is 3.11. The first-order chi connectivity index (χ1) is 9.15. The van der Waals surface area contributed by atoms with Gasteiger partial charge < -0.3 is 9.84 Å². The van der Waals surface area contributed by atoms with Crippen LogP contribution in [-0.4, -0.2) is 34.7 Å². The highest BCUT2D eigenvalue weighted by atomic mass is 35.5. The van der Waals surface area contributed by atoms with E-state index in [0.29, 0.717) is 6.61 Å². The highest BCUT2D eigenvalue weighted by molar-refractivity contribution is 6.31. The van der Waals surface area contributed by atoms with E-state index in [9.17, 15) is 5.11 Å². The Morgan fingerprint density at radius 3 is 2.79 bits per heavy atom. The lowest BCUT2D eigenvalue weighted by molar-refractivity contribution is -0.0388. The van der Waals surface area contributed by atoms with Crippen molar-refractivity contribution in [2.75, 3.05) is 19.8 Å². The summed E-state index contributed by atoms with van der Waals surface area (Å²) >= 11 is 6.44. The van der Waals surface area contributed by atoms with Crippen LogP contribution in [0.3, 0.4) is 0 Å². The highest BCUT2D eigenvalue weighted by Crippen LogP contribution is 2.35. The van der Waals surface area contributed by atoms with Gasteiger partial charge in [0.05, 0.1) is 29.6 Å². The van der Waals surface area contributed by atoms with Gasteiger partial charge >= 0.3 is 0 Å². The molecule has 0 bridgehead atoms. The van der Waals surface area contributed by atoms with Gasteiger partial charge in [-0.2, -0.15) is 5.10 Å². The minimum Gasteiger partial charge on any atom is -0.396 e. The Hall–Kier alpha value is -0.580. The van der Waals surface area contributed by atoms with Crippen LogP contribution in [-0.2, 0) is 24.1 Å². The number of halogens is 1. The van der Waals surface area contributed by atoms with Gasteiger partial charge in [-0.3, -0.25) is 4.68 Å². The minimum absolute atomic E-state index is 0.139. The summed E-state index contributed by atoms with van der Waals surface area (Å²) in [7, 11) is 0. The van der Waals surface area contributed by atoms with Gasteiger partial charge in [0.15, 0.2) is 0 Å². The summed E-state index contributed by atoms with van der Waals surface area (Å²) in [4.78, 5) is 0. The average Bonchev–Trinajstić information content (AvgIpc) is 2.76. The molecule has 0 amide bonds. The quantitative estimate of drug-likeness (QED) is 0.904. The van der Waals surface area contributed by atoms with Crippen LogP contribution < -0.4 is 0 Å². The number of aryl methyl sites for hydroxylation is 2. The molecule has 0 aliphatic carbocycles. The lowest BCUT2D eigenvalue weighted by Crippen LogP contribution is -2.38. The largest absolute Gasteiger partial charge is 0.396 e. The first-order valence-electron chi connectivity index (χ1n) is 7.08. The molecule has 108 valence electrons. The molecule has 0 aromatic carbocycles. The summed E-state index contributed by atoms with van der Waals surface area (Å²) in [5, 5.41) is 15.1. The van der Waals surface area contributed by atoms with E-state index < -0.39 is 0 Å². The Kier molecular flexibility index (Phi) is 4.87. The molecule has 0 radical (unpaired) electrons. The molecule has 1 unspecified atom stereocenters. The van der Waals surface area contributed by atoms with Gasteiger partial charge in [-0.05, 0) is 26.2 Å². The van der Waals surface area contributed by atoms with Gasteiger partial charge in [0, 0.05) is 25.0 Å². The monoisotopic (exact) mass is 286 g/mol. The number of rotatable bonds is 5. The van der Waals surface area contributed by atoms with E-state index in [4.69, 9.17) is 16.3 Å². The standard InChI is InChI=1S/C14H23ClN2O2/c1-3-11-13(15)12(17(4-2)16-11)8-14(9-18)6-5-7-19-10-14/h18H,3-10H2,1-2H3. The Balaban J connectivity index is 2.28. The summed E-state index contributed by atoms with van der Waals surface area (Å²) in [6, 6.07) is 0. The number of aromatic nitrogens is 2. The molecule has 2 rings (SSSR count). The molecular formula is C14H23ClN2O2. The molecule has 1 aromatic rings. The molecule has 0 saturated carbocycles. The summed E-state index contributed by atoms with van der Waals surface area (Å²) in [5.41, 5.74) is 1.80. The second-order valence-electron chi connectivity index (χ2n) is 5.37. The van der Waals surface area contributed by atoms with Gasteiger partial charge in [0.1, 0.15) is 0 Å². The van der Waals surface area contributed by atoms with E-state index in [-0.39, 0.29) is 12.0 Å². The van der Waals surface area contributed by atoms with Crippen molar-refractivity contribution in [3.8, 4) is 0 Å². The van der Waals surface area contributed by atoms with E-state index in [0.717, 1.165) is 55.2 Å². The fourth-order valence-electron chi connectivity index (χ4n) is 2.77. The number of hydrogen-bond acceptors (Lipinski definition) is 3. The normalized spacial score (nSPS) is 23.8. The van der Waals surface area contributed by atoms with Gasteiger partial charge in [0.25, 0.3) is 0 Å². The van der Waals surface area contributed by atoms with Crippen molar-refractivity contribution in [2.45, 2.75) is 46.1 Å². The second kappa shape index (κ2) is 6.25. The first kappa shape index (κ1) is 14.8. The average molecular weight is 287 g/mol. The molecule has 1 N–H and O–H groups in total. The van der Waals surface area contributed by atoms with Crippen LogP contribution in [0.1, 0.15) is 38.1 Å². The van der Waals surface area contributed by atoms with E-state index in [1.54, 1.807) is 0 Å². The minimum atomic E-state index is -0.195. The smallest absolute Gasteiger partial charge is 0.0850 e. The molecule has 1 fully saturated rings. The summed E-state index contributed by atoms with van der Waals surface area (Å²) in [6.07, 6.45) is 3.56. The topological polar surface area (TPSA) is 47.3 Å². The van der Waals surface area contributed by atoms with E-state index in [1.807, 2.05) is 4.68 Å². The zero-order chi connectivity index (χ0) is 13.9. The van der Waals surface area contributed by atoms with Gasteiger partial charge in [-0.1, -0.05) is 18.5 Å². The van der Waals surface area contributed by atoms with Crippen molar-refractivity contribution in [1.82, 2.24) is 9.78 Å².